The molecule has 134 valence electrons. The fraction of sp³-hybridized carbons (Fsp3) is 0.522. The molecule has 2 heteroatoms. The van der Waals surface area contributed by atoms with Gasteiger partial charge < -0.3 is 4.74 Å². The molecule has 1 aliphatic heterocycles. The molecule has 1 heterocycles. The van der Waals surface area contributed by atoms with E-state index in [9.17, 15) is 4.79 Å². The summed E-state index contributed by atoms with van der Waals surface area (Å²) in [6.45, 7) is 12.1. The minimum atomic E-state index is 0.0891. The first-order valence-electron chi connectivity index (χ1n) is 9.63. The Bertz CT molecular complexity index is 693. The van der Waals surface area contributed by atoms with E-state index in [4.69, 9.17) is 4.74 Å². The van der Waals surface area contributed by atoms with Crippen LogP contribution in [0.2, 0.25) is 0 Å². The molecule has 1 aliphatic carbocycles. The maximum absolute atomic E-state index is 13.3. The summed E-state index contributed by atoms with van der Waals surface area (Å²) in [5.41, 5.74) is 7.24. The van der Waals surface area contributed by atoms with Gasteiger partial charge in [0.1, 0.15) is 0 Å². The number of rotatable bonds is 4. The average Bonchev–Trinajstić information content (AvgIpc) is 2.61. The lowest BCUT2D eigenvalue weighted by Crippen LogP contribution is -2.36. The fourth-order valence-electron chi connectivity index (χ4n) is 4.62. The Hall–Kier alpha value is -1.67. The van der Waals surface area contributed by atoms with Crippen LogP contribution in [0, 0.1) is 12.3 Å². The second kappa shape index (κ2) is 7.29. The first kappa shape index (κ1) is 18.1. The SMILES string of the molecule is C=CC1=C(c2c(CC)cc(C)cc2CC)C(=O)CC2(CCOCC2)C1. The van der Waals surface area contributed by atoms with Gasteiger partial charge in [0.2, 0.25) is 0 Å². The molecule has 3 rings (SSSR count). The molecule has 0 amide bonds. The quantitative estimate of drug-likeness (QED) is 0.752. The van der Waals surface area contributed by atoms with Gasteiger partial charge in [0.15, 0.2) is 5.78 Å². The molecule has 0 bridgehead atoms. The van der Waals surface area contributed by atoms with Crippen LogP contribution in [0.1, 0.15) is 61.8 Å². The van der Waals surface area contributed by atoms with E-state index in [0.717, 1.165) is 56.5 Å². The van der Waals surface area contributed by atoms with Crippen molar-refractivity contribution in [2.24, 2.45) is 5.41 Å². The van der Waals surface area contributed by atoms with Crippen LogP contribution in [-0.2, 0) is 22.4 Å². The van der Waals surface area contributed by atoms with Gasteiger partial charge in [-0.15, -0.1) is 0 Å². The molecule has 2 nitrogen and oxygen atoms in total. The van der Waals surface area contributed by atoms with Gasteiger partial charge in [0, 0.05) is 25.2 Å². The normalized spacial score (nSPS) is 20.2. The highest BCUT2D eigenvalue weighted by Crippen LogP contribution is 2.48. The number of carbonyl (C=O) groups is 1. The highest BCUT2D eigenvalue weighted by Gasteiger charge is 2.41. The Morgan fingerprint density at radius 2 is 1.72 bits per heavy atom. The van der Waals surface area contributed by atoms with E-state index in [2.05, 4.69) is 39.5 Å². The van der Waals surface area contributed by atoms with Crippen LogP contribution in [0.4, 0.5) is 0 Å². The van der Waals surface area contributed by atoms with Gasteiger partial charge in [-0.2, -0.15) is 0 Å². The van der Waals surface area contributed by atoms with Gasteiger partial charge >= 0.3 is 0 Å². The first-order valence-corrected chi connectivity index (χ1v) is 9.63. The van der Waals surface area contributed by atoms with Crippen molar-refractivity contribution in [1.82, 2.24) is 0 Å². The summed E-state index contributed by atoms with van der Waals surface area (Å²) in [6, 6.07) is 4.49. The molecular weight excluding hydrogens is 308 g/mol. The third-order valence-corrected chi connectivity index (χ3v) is 5.96. The molecule has 1 saturated heterocycles. The van der Waals surface area contributed by atoms with Crippen LogP contribution in [0.25, 0.3) is 5.57 Å². The number of hydrogen-bond donors (Lipinski definition) is 0. The Balaban J connectivity index is 2.15. The van der Waals surface area contributed by atoms with Crippen molar-refractivity contribution >= 4 is 11.4 Å². The van der Waals surface area contributed by atoms with E-state index in [1.165, 1.54) is 22.3 Å². The van der Waals surface area contributed by atoms with Crippen molar-refractivity contribution in [1.29, 1.82) is 0 Å². The minimum absolute atomic E-state index is 0.0891. The van der Waals surface area contributed by atoms with Gasteiger partial charge in [-0.1, -0.05) is 44.2 Å². The maximum Gasteiger partial charge on any atom is 0.164 e. The molecule has 1 fully saturated rings. The highest BCUT2D eigenvalue weighted by atomic mass is 16.5. The second-order valence-corrected chi connectivity index (χ2v) is 7.66. The smallest absolute Gasteiger partial charge is 0.164 e. The Morgan fingerprint density at radius 3 is 2.24 bits per heavy atom. The summed E-state index contributed by atoms with van der Waals surface area (Å²) in [5, 5.41) is 0. The van der Waals surface area contributed by atoms with E-state index in [1.807, 2.05) is 6.08 Å². The number of benzene rings is 1. The summed E-state index contributed by atoms with van der Waals surface area (Å²) in [6.07, 6.45) is 7.41. The van der Waals surface area contributed by atoms with Gasteiger partial charge in [-0.25, -0.2) is 0 Å². The van der Waals surface area contributed by atoms with Crippen molar-refractivity contribution < 1.29 is 9.53 Å². The lowest BCUT2D eigenvalue weighted by molar-refractivity contribution is -0.118. The van der Waals surface area contributed by atoms with Crippen LogP contribution < -0.4 is 0 Å². The van der Waals surface area contributed by atoms with Crippen LogP contribution in [0.5, 0.6) is 0 Å². The van der Waals surface area contributed by atoms with E-state index in [1.54, 1.807) is 0 Å². The molecule has 0 saturated carbocycles. The number of allylic oxidation sites excluding steroid dienone is 3. The van der Waals surface area contributed by atoms with Crippen LogP contribution in [0.15, 0.2) is 30.4 Å². The van der Waals surface area contributed by atoms with E-state index in [-0.39, 0.29) is 5.41 Å². The molecular formula is C23H30O2. The van der Waals surface area contributed by atoms with Crippen molar-refractivity contribution in [2.45, 2.75) is 59.3 Å². The van der Waals surface area contributed by atoms with Crippen LogP contribution in [-0.4, -0.2) is 19.0 Å². The van der Waals surface area contributed by atoms with Gasteiger partial charge in [-0.05, 0) is 66.7 Å². The maximum atomic E-state index is 13.3. The third kappa shape index (κ3) is 3.37. The molecule has 0 N–H and O–H groups in total. The number of Topliss-reactive ketones (excluding diaryl/α,β-unsaturated/α-hetero) is 1. The van der Waals surface area contributed by atoms with Crippen LogP contribution >= 0.6 is 0 Å². The summed E-state index contributed by atoms with van der Waals surface area (Å²) < 4.78 is 5.55. The Labute approximate surface area is 152 Å². The minimum Gasteiger partial charge on any atom is -0.381 e. The number of ether oxygens (including phenoxy) is 1. The van der Waals surface area contributed by atoms with E-state index < -0.39 is 0 Å². The lowest BCUT2D eigenvalue weighted by atomic mass is 9.65. The molecule has 2 aliphatic rings. The van der Waals surface area contributed by atoms with Gasteiger partial charge in [0.25, 0.3) is 0 Å². The molecule has 1 spiro atoms. The predicted molar refractivity (Wildman–Crippen MR) is 104 cm³/mol. The third-order valence-electron chi connectivity index (χ3n) is 5.96. The zero-order chi connectivity index (χ0) is 18.0. The molecule has 0 unspecified atom stereocenters. The van der Waals surface area contributed by atoms with Crippen LogP contribution in [0.3, 0.4) is 0 Å². The molecule has 25 heavy (non-hydrogen) atoms. The zero-order valence-electron chi connectivity index (χ0n) is 15.9. The summed E-state index contributed by atoms with van der Waals surface area (Å²) in [4.78, 5) is 13.3. The zero-order valence-corrected chi connectivity index (χ0v) is 15.9. The summed E-state index contributed by atoms with van der Waals surface area (Å²) in [5.74, 6) is 0.302. The topological polar surface area (TPSA) is 26.3 Å². The molecule has 1 aromatic rings. The monoisotopic (exact) mass is 338 g/mol. The lowest BCUT2D eigenvalue weighted by Gasteiger charge is -2.41. The number of aryl methyl sites for hydroxylation is 3. The van der Waals surface area contributed by atoms with E-state index in [0.29, 0.717) is 12.2 Å². The van der Waals surface area contributed by atoms with Gasteiger partial charge in [0.05, 0.1) is 0 Å². The summed E-state index contributed by atoms with van der Waals surface area (Å²) in [7, 11) is 0. The standard InChI is InChI=1S/C23H30O2/c1-5-17-12-16(4)13-18(6-2)21(17)22-19(7-3)14-23(15-20(22)24)8-10-25-11-9-23/h7,12-13H,3,5-6,8-11,14-15H2,1-2,4H3. The molecule has 0 atom stereocenters. The molecule has 0 radical (unpaired) electrons. The number of hydrogen-bond acceptors (Lipinski definition) is 2. The van der Waals surface area contributed by atoms with Crippen molar-refractivity contribution in [3.05, 3.63) is 52.6 Å². The van der Waals surface area contributed by atoms with Crippen molar-refractivity contribution in [3.63, 3.8) is 0 Å². The van der Waals surface area contributed by atoms with Crippen molar-refractivity contribution in [2.75, 3.05) is 13.2 Å². The predicted octanol–water partition coefficient (Wildman–Crippen LogP) is 5.22. The number of ketones is 1. The van der Waals surface area contributed by atoms with Crippen molar-refractivity contribution in [3.8, 4) is 0 Å². The average molecular weight is 338 g/mol. The Morgan fingerprint density at radius 1 is 1.12 bits per heavy atom. The first-order chi connectivity index (χ1) is 12.0. The second-order valence-electron chi connectivity index (χ2n) is 7.66. The fourth-order valence-corrected chi connectivity index (χ4v) is 4.62. The molecule has 1 aromatic carbocycles. The van der Waals surface area contributed by atoms with Gasteiger partial charge in [-0.3, -0.25) is 4.79 Å². The molecule has 0 aromatic heterocycles. The number of carbonyl (C=O) groups excluding carboxylic acids is 1. The largest absolute Gasteiger partial charge is 0.381 e. The highest BCUT2D eigenvalue weighted by molar-refractivity contribution is 6.23. The van der Waals surface area contributed by atoms with E-state index >= 15 is 0 Å². The summed E-state index contributed by atoms with van der Waals surface area (Å²) >= 11 is 0. The Kier molecular flexibility index (Phi) is 5.29.